The fourth-order valence-electron chi connectivity index (χ4n) is 0.763. The summed E-state index contributed by atoms with van der Waals surface area (Å²) in [7, 11) is 1.49. The van der Waals surface area contributed by atoms with Crippen molar-refractivity contribution in [2.24, 2.45) is 5.73 Å². The van der Waals surface area contributed by atoms with E-state index in [-0.39, 0.29) is 12.3 Å². The quantitative estimate of drug-likeness (QED) is 0.620. The molecule has 0 aliphatic heterocycles. The predicted molar refractivity (Wildman–Crippen MR) is 52.5 cm³/mol. The fourth-order valence-corrected chi connectivity index (χ4v) is 0.763. The lowest BCUT2D eigenvalue weighted by Gasteiger charge is -2.21. The number of hydrogen-bond donors (Lipinski definition) is 2. The van der Waals surface area contributed by atoms with Gasteiger partial charge in [-0.05, 0) is 20.8 Å². The summed E-state index contributed by atoms with van der Waals surface area (Å²) in [6, 6.07) is -0.894. The summed E-state index contributed by atoms with van der Waals surface area (Å²) in [5, 5.41) is 2.39. The first-order valence-corrected chi connectivity index (χ1v) is 4.45. The summed E-state index contributed by atoms with van der Waals surface area (Å²) in [6.45, 7) is 5.24. The first-order valence-electron chi connectivity index (χ1n) is 4.45. The molecule has 0 bridgehead atoms. The lowest BCUT2D eigenvalue weighted by molar-refractivity contribution is -0.157. The molecule has 0 spiro atoms. The molecule has 1 atom stereocenters. The minimum atomic E-state index is -0.894. The van der Waals surface area contributed by atoms with E-state index in [9.17, 15) is 9.59 Å². The molecule has 0 aromatic rings. The molecule has 0 rings (SSSR count). The van der Waals surface area contributed by atoms with E-state index in [1.54, 1.807) is 20.8 Å². The normalized spacial score (nSPS) is 13.2. The zero-order valence-electron chi connectivity index (χ0n) is 9.09. The highest BCUT2D eigenvalue weighted by molar-refractivity contribution is 5.85. The van der Waals surface area contributed by atoms with E-state index >= 15 is 0 Å². The topological polar surface area (TPSA) is 81.4 Å². The Morgan fingerprint density at radius 3 is 2.29 bits per heavy atom. The molecule has 0 saturated heterocycles. The van der Waals surface area contributed by atoms with E-state index in [4.69, 9.17) is 10.5 Å². The lowest BCUT2D eigenvalue weighted by Crippen LogP contribution is -2.40. The number of ether oxygens (including phenoxy) is 1. The molecule has 0 aromatic carbocycles. The molecule has 0 radical (unpaired) electrons. The molecule has 5 nitrogen and oxygen atoms in total. The average Bonchev–Trinajstić information content (AvgIpc) is 2.00. The molecule has 0 aliphatic carbocycles. The fraction of sp³-hybridized carbons (Fsp3) is 0.778. The largest absolute Gasteiger partial charge is 0.459 e. The Bertz CT molecular complexity index is 221. The minimum Gasteiger partial charge on any atom is -0.459 e. The van der Waals surface area contributed by atoms with Crippen molar-refractivity contribution in [1.29, 1.82) is 0 Å². The zero-order chi connectivity index (χ0) is 11.4. The van der Waals surface area contributed by atoms with Crippen LogP contribution in [0, 0.1) is 0 Å². The number of nitrogens with two attached hydrogens (primary N) is 1. The number of amides is 1. The molecule has 3 N–H and O–H groups in total. The van der Waals surface area contributed by atoms with Gasteiger partial charge in [-0.2, -0.15) is 0 Å². The van der Waals surface area contributed by atoms with Crippen LogP contribution in [0.4, 0.5) is 0 Å². The Hall–Kier alpha value is -1.10. The number of esters is 1. The van der Waals surface area contributed by atoms with Gasteiger partial charge in [-0.15, -0.1) is 0 Å². The summed E-state index contributed by atoms with van der Waals surface area (Å²) in [6.07, 6.45) is -0.0502. The van der Waals surface area contributed by atoms with Crippen LogP contribution in [0.3, 0.4) is 0 Å². The van der Waals surface area contributed by atoms with Crippen LogP contribution in [0.15, 0.2) is 0 Å². The standard InChI is InChI=1S/C9H18N2O3/c1-9(2,3)14-8(13)6(10)5-7(12)11-4/h6H,5,10H2,1-4H3,(H,11,12)/t6-/m1/s1. The summed E-state index contributed by atoms with van der Waals surface area (Å²) in [5.41, 5.74) is 4.89. The van der Waals surface area contributed by atoms with Crippen LogP contribution in [0.2, 0.25) is 0 Å². The van der Waals surface area contributed by atoms with E-state index in [1.165, 1.54) is 7.05 Å². The van der Waals surface area contributed by atoms with Crippen LogP contribution < -0.4 is 11.1 Å². The van der Waals surface area contributed by atoms with Crippen LogP contribution in [0.1, 0.15) is 27.2 Å². The average molecular weight is 202 g/mol. The van der Waals surface area contributed by atoms with E-state index in [0.717, 1.165) is 0 Å². The SMILES string of the molecule is CNC(=O)C[C@@H](N)C(=O)OC(C)(C)C. The third-order valence-electron chi connectivity index (χ3n) is 1.39. The van der Waals surface area contributed by atoms with Crippen LogP contribution in [0.25, 0.3) is 0 Å². The number of rotatable bonds is 3. The molecule has 0 saturated carbocycles. The Morgan fingerprint density at radius 1 is 1.43 bits per heavy atom. The highest BCUT2D eigenvalue weighted by Crippen LogP contribution is 2.08. The highest BCUT2D eigenvalue weighted by Gasteiger charge is 2.23. The molecular formula is C9H18N2O3. The molecule has 0 unspecified atom stereocenters. The number of carbonyl (C=O) groups is 2. The molecule has 0 aromatic heterocycles. The molecule has 5 heteroatoms. The van der Waals surface area contributed by atoms with E-state index in [0.29, 0.717) is 0 Å². The number of hydrogen-bond acceptors (Lipinski definition) is 4. The maximum absolute atomic E-state index is 11.3. The third kappa shape index (κ3) is 5.53. The maximum Gasteiger partial charge on any atom is 0.323 e. The van der Waals surface area contributed by atoms with Gasteiger partial charge in [-0.25, -0.2) is 0 Å². The van der Waals surface area contributed by atoms with Crippen LogP contribution in [-0.2, 0) is 14.3 Å². The Labute approximate surface area is 84.0 Å². The van der Waals surface area contributed by atoms with Gasteiger partial charge >= 0.3 is 5.97 Å². The van der Waals surface area contributed by atoms with Gasteiger partial charge in [-0.1, -0.05) is 0 Å². The minimum absolute atomic E-state index is 0.0502. The van der Waals surface area contributed by atoms with Crippen molar-refractivity contribution in [3.63, 3.8) is 0 Å². The van der Waals surface area contributed by atoms with E-state index < -0.39 is 17.6 Å². The molecule has 0 heterocycles. The monoisotopic (exact) mass is 202 g/mol. The second kappa shape index (κ2) is 4.95. The summed E-state index contributed by atoms with van der Waals surface area (Å²) < 4.78 is 5.00. The van der Waals surface area contributed by atoms with Crippen molar-refractivity contribution in [1.82, 2.24) is 5.32 Å². The van der Waals surface area contributed by atoms with Gasteiger partial charge in [0, 0.05) is 7.05 Å². The van der Waals surface area contributed by atoms with Gasteiger partial charge in [0.15, 0.2) is 0 Å². The van der Waals surface area contributed by atoms with Crippen molar-refractivity contribution >= 4 is 11.9 Å². The Kier molecular flexibility index (Phi) is 4.56. The van der Waals surface area contributed by atoms with Crippen molar-refractivity contribution in [3.8, 4) is 0 Å². The van der Waals surface area contributed by atoms with Gasteiger partial charge in [0.25, 0.3) is 0 Å². The van der Waals surface area contributed by atoms with Crippen molar-refractivity contribution in [3.05, 3.63) is 0 Å². The number of carbonyl (C=O) groups excluding carboxylic acids is 2. The summed E-state index contributed by atoms with van der Waals surface area (Å²) in [5.74, 6) is -0.829. The van der Waals surface area contributed by atoms with Crippen molar-refractivity contribution in [2.45, 2.75) is 38.8 Å². The molecule has 0 aliphatic rings. The summed E-state index contributed by atoms with van der Waals surface area (Å²) >= 11 is 0. The lowest BCUT2D eigenvalue weighted by atomic mass is 10.1. The second-order valence-electron chi connectivity index (χ2n) is 4.02. The van der Waals surface area contributed by atoms with Gasteiger partial charge in [0.05, 0.1) is 6.42 Å². The van der Waals surface area contributed by atoms with Crippen LogP contribution in [0.5, 0.6) is 0 Å². The Balaban J connectivity index is 4.07. The first-order chi connectivity index (χ1) is 6.26. The highest BCUT2D eigenvalue weighted by atomic mass is 16.6. The Morgan fingerprint density at radius 2 is 1.93 bits per heavy atom. The van der Waals surface area contributed by atoms with Gasteiger partial charge in [-0.3, -0.25) is 9.59 Å². The molecule has 14 heavy (non-hydrogen) atoms. The predicted octanol–water partition coefficient (Wildman–Crippen LogP) is -0.208. The van der Waals surface area contributed by atoms with Gasteiger partial charge in [0.1, 0.15) is 11.6 Å². The second-order valence-corrected chi connectivity index (χ2v) is 4.02. The molecule has 1 amide bonds. The van der Waals surface area contributed by atoms with Crippen LogP contribution in [-0.4, -0.2) is 30.6 Å². The first kappa shape index (κ1) is 12.9. The number of nitrogens with one attached hydrogen (secondary N) is 1. The van der Waals surface area contributed by atoms with E-state index in [2.05, 4.69) is 5.32 Å². The molecular weight excluding hydrogens is 184 g/mol. The smallest absolute Gasteiger partial charge is 0.323 e. The molecule has 82 valence electrons. The summed E-state index contributed by atoms with van der Waals surface area (Å²) in [4.78, 5) is 22.2. The van der Waals surface area contributed by atoms with Gasteiger partial charge < -0.3 is 15.8 Å². The zero-order valence-corrected chi connectivity index (χ0v) is 9.09. The molecule has 0 fully saturated rings. The van der Waals surface area contributed by atoms with Crippen molar-refractivity contribution < 1.29 is 14.3 Å². The van der Waals surface area contributed by atoms with Crippen molar-refractivity contribution in [2.75, 3.05) is 7.05 Å². The van der Waals surface area contributed by atoms with Gasteiger partial charge in [0.2, 0.25) is 5.91 Å². The third-order valence-corrected chi connectivity index (χ3v) is 1.39. The van der Waals surface area contributed by atoms with E-state index in [1.807, 2.05) is 0 Å². The maximum atomic E-state index is 11.3. The van der Waals surface area contributed by atoms with Crippen LogP contribution >= 0.6 is 0 Å².